The third kappa shape index (κ3) is 10.3. The molecule has 0 bridgehead atoms. The molecule has 1 aromatic carbocycles. The molecule has 1 fully saturated rings. The molecular formula is C36H47N5O8. The molecule has 3 rings (SSSR count). The fraction of sp³-hybridized carbons (Fsp3) is 0.528. The second kappa shape index (κ2) is 18.1. The van der Waals surface area contributed by atoms with Crippen molar-refractivity contribution in [3.05, 3.63) is 60.2 Å². The maximum absolute atomic E-state index is 14.3. The predicted octanol–water partition coefficient (Wildman–Crippen LogP) is 3.14. The molecule has 2 heterocycles. The van der Waals surface area contributed by atoms with Gasteiger partial charge >= 0.3 is 5.97 Å². The number of amides is 3. The van der Waals surface area contributed by atoms with Crippen LogP contribution < -0.4 is 10.6 Å². The van der Waals surface area contributed by atoms with Crippen LogP contribution in [0.25, 0.3) is 0 Å². The Hall–Kier alpha value is -4.81. The molecule has 1 saturated heterocycles. The number of carbonyl (C=O) groups excluding carboxylic acids is 6. The zero-order valence-electron chi connectivity index (χ0n) is 28.8. The van der Waals surface area contributed by atoms with Crippen LogP contribution in [0.15, 0.2) is 48.9 Å². The normalized spacial score (nSPS) is 17.7. The number of hydrogen-bond acceptors (Lipinski definition) is 9. The number of aliphatic carboxylic acids is 1. The molecule has 2 aromatic rings. The van der Waals surface area contributed by atoms with E-state index < -0.39 is 78.1 Å². The Labute approximate surface area is 286 Å². The summed E-state index contributed by atoms with van der Waals surface area (Å²) in [5, 5.41) is 14.5. The van der Waals surface area contributed by atoms with Crippen LogP contribution in [0.4, 0.5) is 0 Å². The van der Waals surface area contributed by atoms with E-state index >= 15 is 0 Å². The number of likely N-dealkylation sites (tertiary alicyclic amines) is 1. The Kier molecular flexibility index (Phi) is 14.3. The van der Waals surface area contributed by atoms with Gasteiger partial charge in [0.1, 0.15) is 17.8 Å². The summed E-state index contributed by atoms with van der Waals surface area (Å²) in [6, 6.07) is 5.91. The van der Waals surface area contributed by atoms with Gasteiger partial charge < -0.3 is 20.6 Å². The lowest BCUT2D eigenvalue weighted by Gasteiger charge is -2.34. The molecule has 49 heavy (non-hydrogen) atoms. The number of carbonyl (C=O) groups is 7. The highest BCUT2D eigenvalue weighted by molar-refractivity contribution is 6.39. The van der Waals surface area contributed by atoms with E-state index in [2.05, 4.69) is 20.6 Å². The zero-order chi connectivity index (χ0) is 36.2. The molecule has 0 aliphatic carbocycles. The quantitative estimate of drug-likeness (QED) is 0.156. The highest BCUT2D eigenvalue weighted by atomic mass is 16.4. The maximum Gasteiger partial charge on any atom is 0.303 e. The van der Waals surface area contributed by atoms with Crippen LogP contribution in [0.3, 0.4) is 0 Å². The van der Waals surface area contributed by atoms with Gasteiger partial charge in [0.05, 0.1) is 18.7 Å². The molecule has 2 unspecified atom stereocenters. The third-order valence-electron chi connectivity index (χ3n) is 8.85. The predicted molar refractivity (Wildman–Crippen MR) is 179 cm³/mol. The number of nitrogens with zero attached hydrogens (tertiary/aromatic N) is 3. The number of benzene rings is 1. The van der Waals surface area contributed by atoms with Crippen LogP contribution in [0, 0.1) is 17.8 Å². The fourth-order valence-electron chi connectivity index (χ4n) is 6.10. The molecule has 0 spiro atoms. The van der Waals surface area contributed by atoms with Gasteiger partial charge in [-0.3, -0.25) is 38.5 Å². The Bertz CT molecular complexity index is 1500. The molecule has 1 aliphatic rings. The van der Waals surface area contributed by atoms with Crippen molar-refractivity contribution >= 4 is 41.0 Å². The molecule has 3 amide bonds. The van der Waals surface area contributed by atoms with Crippen molar-refractivity contribution in [2.45, 2.75) is 97.2 Å². The molecular weight excluding hydrogens is 630 g/mol. The number of rotatable bonds is 18. The van der Waals surface area contributed by atoms with Gasteiger partial charge in [0, 0.05) is 43.6 Å². The van der Waals surface area contributed by atoms with Gasteiger partial charge in [0.25, 0.3) is 0 Å². The molecule has 5 atom stereocenters. The summed E-state index contributed by atoms with van der Waals surface area (Å²) >= 11 is 0. The van der Waals surface area contributed by atoms with Crippen molar-refractivity contribution in [3.8, 4) is 0 Å². The first kappa shape index (κ1) is 38.6. The second-order valence-electron chi connectivity index (χ2n) is 13.1. The topological polar surface area (TPSA) is 193 Å². The minimum Gasteiger partial charge on any atom is -0.481 e. The van der Waals surface area contributed by atoms with Gasteiger partial charge in [-0.2, -0.15) is 0 Å². The molecule has 1 aromatic heterocycles. The van der Waals surface area contributed by atoms with E-state index in [9.17, 15) is 33.6 Å². The van der Waals surface area contributed by atoms with Crippen LogP contribution in [-0.2, 0) is 28.8 Å². The first-order chi connectivity index (χ1) is 23.3. The number of carboxylic acids is 1. The summed E-state index contributed by atoms with van der Waals surface area (Å²) in [5.41, 5.74) is 0.945. The lowest BCUT2D eigenvalue weighted by molar-refractivity contribution is -0.145. The molecule has 13 heteroatoms. The van der Waals surface area contributed by atoms with Gasteiger partial charge in [-0.1, -0.05) is 71.4 Å². The number of ketones is 3. The lowest BCUT2D eigenvalue weighted by atomic mass is 9.88. The molecule has 1 aliphatic heterocycles. The summed E-state index contributed by atoms with van der Waals surface area (Å²) in [6.07, 6.45) is 4.08. The zero-order valence-corrected chi connectivity index (χ0v) is 28.8. The lowest BCUT2D eigenvalue weighted by Crippen LogP contribution is -2.58. The summed E-state index contributed by atoms with van der Waals surface area (Å²) in [6.45, 7) is 9.15. The Morgan fingerprint density at radius 3 is 2.20 bits per heavy atom. The first-order valence-electron chi connectivity index (χ1n) is 16.8. The van der Waals surface area contributed by atoms with Gasteiger partial charge in [-0.05, 0) is 30.2 Å². The van der Waals surface area contributed by atoms with E-state index in [4.69, 9.17) is 5.11 Å². The summed E-state index contributed by atoms with van der Waals surface area (Å²) in [4.78, 5) is 101. The van der Waals surface area contributed by atoms with Crippen molar-refractivity contribution in [2.75, 3.05) is 6.54 Å². The fourth-order valence-corrected chi connectivity index (χ4v) is 6.10. The van der Waals surface area contributed by atoms with E-state index in [1.807, 2.05) is 44.2 Å². The number of Topliss-reactive ketones (excluding diaryl/α,β-unsaturated/α-hetero) is 3. The SMILES string of the molecule is CCCC(NC(=O)[C@@H]1C(c2ccccc2)CCN1C(=O)[C@@H](NC(=O)[C@@H](CC(=O)c1cnccn1)C(C)C)C(C)C)C(=O)C(=O)CCC(=O)O. The van der Waals surface area contributed by atoms with Crippen LogP contribution >= 0.6 is 0 Å². The number of aromatic nitrogens is 2. The summed E-state index contributed by atoms with van der Waals surface area (Å²) in [7, 11) is 0. The number of nitrogens with one attached hydrogen (secondary N) is 2. The molecule has 13 nitrogen and oxygen atoms in total. The van der Waals surface area contributed by atoms with Crippen LogP contribution in [0.1, 0.15) is 95.1 Å². The average molecular weight is 678 g/mol. The van der Waals surface area contributed by atoms with E-state index in [0.717, 1.165) is 5.56 Å². The van der Waals surface area contributed by atoms with Crippen molar-refractivity contribution in [2.24, 2.45) is 17.8 Å². The average Bonchev–Trinajstić information content (AvgIpc) is 3.53. The second-order valence-corrected chi connectivity index (χ2v) is 13.1. The highest BCUT2D eigenvalue weighted by Gasteiger charge is 2.46. The van der Waals surface area contributed by atoms with Crippen LogP contribution in [0.2, 0.25) is 0 Å². The van der Waals surface area contributed by atoms with E-state index in [1.54, 1.807) is 20.8 Å². The van der Waals surface area contributed by atoms with E-state index in [1.165, 1.54) is 23.5 Å². The number of carboxylic acid groups (broad SMARTS) is 1. The van der Waals surface area contributed by atoms with Crippen molar-refractivity contribution in [1.82, 2.24) is 25.5 Å². The largest absolute Gasteiger partial charge is 0.481 e. The molecule has 0 saturated carbocycles. The smallest absolute Gasteiger partial charge is 0.303 e. The van der Waals surface area contributed by atoms with Gasteiger partial charge in [0.2, 0.25) is 29.3 Å². The first-order valence-corrected chi connectivity index (χ1v) is 16.8. The third-order valence-corrected chi connectivity index (χ3v) is 8.85. The Balaban J connectivity index is 1.89. The van der Waals surface area contributed by atoms with Crippen molar-refractivity contribution in [1.29, 1.82) is 0 Å². The van der Waals surface area contributed by atoms with Crippen LogP contribution in [0.5, 0.6) is 0 Å². The Morgan fingerprint density at radius 2 is 1.63 bits per heavy atom. The molecule has 3 N–H and O–H groups in total. The molecule has 264 valence electrons. The minimum atomic E-state index is -1.22. The standard InChI is InChI=1S/C36H47N5O8/c1-6-10-26(33(46)28(42)13-14-30(44)45)39-35(48)32-24(23-11-8-7-9-12-23)15-18-41(32)36(49)31(22(4)5)40-34(47)25(21(2)3)19-29(43)27-20-37-16-17-38-27/h7-9,11-12,16-17,20-22,24-26,31-32H,6,10,13-15,18-19H2,1-5H3,(H,39,48)(H,40,47)(H,44,45)/t24?,25-,26?,31-,32-/m0/s1. The Morgan fingerprint density at radius 1 is 0.939 bits per heavy atom. The monoisotopic (exact) mass is 677 g/mol. The van der Waals surface area contributed by atoms with Gasteiger partial charge in [-0.25, -0.2) is 4.98 Å². The van der Waals surface area contributed by atoms with Crippen molar-refractivity contribution in [3.63, 3.8) is 0 Å². The van der Waals surface area contributed by atoms with Gasteiger partial charge in [0.15, 0.2) is 5.78 Å². The van der Waals surface area contributed by atoms with Crippen LogP contribution in [-0.4, -0.2) is 85.7 Å². The van der Waals surface area contributed by atoms with E-state index in [0.29, 0.717) is 12.8 Å². The number of hydrogen-bond donors (Lipinski definition) is 3. The highest BCUT2D eigenvalue weighted by Crippen LogP contribution is 2.35. The maximum atomic E-state index is 14.3. The minimum absolute atomic E-state index is 0.135. The molecule has 0 radical (unpaired) electrons. The summed E-state index contributed by atoms with van der Waals surface area (Å²) < 4.78 is 0. The van der Waals surface area contributed by atoms with E-state index in [-0.39, 0.29) is 42.7 Å². The van der Waals surface area contributed by atoms with Gasteiger partial charge in [-0.15, -0.1) is 0 Å². The van der Waals surface area contributed by atoms with Crippen molar-refractivity contribution < 1.29 is 38.7 Å². The summed E-state index contributed by atoms with van der Waals surface area (Å²) in [5.74, 6) is -6.77.